The lowest BCUT2D eigenvalue weighted by atomic mass is 10.0. The maximum atomic E-state index is 12.1. The van der Waals surface area contributed by atoms with Crippen LogP contribution in [0.15, 0.2) is 0 Å². The summed E-state index contributed by atoms with van der Waals surface area (Å²) in [4.78, 5) is 33.6. The van der Waals surface area contributed by atoms with E-state index in [1.54, 1.807) is 0 Å². The number of aliphatic hydroxyl groups excluding tert-OH is 2. The lowest BCUT2D eigenvalue weighted by molar-refractivity contribution is -0.153. The molecule has 3 N–H and O–H groups in total. The predicted octanol–water partition coefficient (Wildman–Crippen LogP) is 6.38. The minimum atomic E-state index is -4.59. The second-order valence-corrected chi connectivity index (χ2v) is 11.9. The number of phosphoric acid groups is 1. The van der Waals surface area contributed by atoms with Gasteiger partial charge in [-0.3, -0.25) is 18.6 Å². The number of phosphoric ester groups is 1. The Kier molecular flexibility index (Phi) is 26.2. The van der Waals surface area contributed by atoms with E-state index in [-0.39, 0.29) is 12.8 Å². The standard InChI is InChI=1S/C29H57O10P/c1-3-5-7-8-9-10-11-12-13-14-15-16-17-18-19-21-29(33)39-27(23-31)25-37-40(34,35)36-24-26(22-30)38-28(32)20-6-4-2/h26-27,30-31H,3-25H2,1-2H3,(H,34,35). The zero-order chi connectivity index (χ0) is 29.9. The Labute approximate surface area is 242 Å². The molecule has 40 heavy (non-hydrogen) atoms. The van der Waals surface area contributed by atoms with Crippen LogP contribution in [0.4, 0.5) is 0 Å². The van der Waals surface area contributed by atoms with Gasteiger partial charge in [0.1, 0.15) is 12.2 Å². The quantitative estimate of drug-likeness (QED) is 0.0504. The molecule has 0 aromatic carbocycles. The molecule has 0 amide bonds. The van der Waals surface area contributed by atoms with E-state index in [2.05, 4.69) is 6.92 Å². The number of carbonyl (C=O) groups excluding carboxylic acids is 2. The number of ether oxygens (including phenoxy) is 2. The first-order chi connectivity index (χ1) is 19.3. The van der Waals surface area contributed by atoms with Crippen LogP contribution in [0.3, 0.4) is 0 Å². The SMILES string of the molecule is CCCCCCCCCCCCCCCCCC(=O)OC(CO)COP(=O)(O)OCC(CO)OC(=O)CCCC. The summed E-state index contributed by atoms with van der Waals surface area (Å²) in [6.45, 7) is 1.89. The third kappa shape index (κ3) is 24.7. The summed E-state index contributed by atoms with van der Waals surface area (Å²) >= 11 is 0. The molecule has 0 aliphatic rings. The fourth-order valence-electron chi connectivity index (χ4n) is 4.09. The minimum absolute atomic E-state index is 0.170. The van der Waals surface area contributed by atoms with E-state index < -0.39 is 58.4 Å². The van der Waals surface area contributed by atoms with Crippen molar-refractivity contribution in [2.24, 2.45) is 0 Å². The molecular formula is C29H57O10P. The predicted molar refractivity (Wildman–Crippen MR) is 155 cm³/mol. The molecule has 11 heteroatoms. The average Bonchev–Trinajstić information content (AvgIpc) is 2.94. The zero-order valence-electron chi connectivity index (χ0n) is 25.1. The zero-order valence-corrected chi connectivity index (χ0v) is 26.0. The average molecular weight is 597 g/mol. The van der Waals surface area contributed by atoms with Gasteiger partial charge in [-0.2, -0.15) is 0 Å². The van der Waals surface area contributed by atoms with E-state index in [4.69, 9.17) is 18.5 Å². The second-order valence-electron chi connectivity index (χ2n) is 10.5. The maximum Gasteiger partial charge on any atom is 0.472 e. The van der Waals surface area contributed by atoms with Crippen LogP contribution in [-0.2, 0) is 32.7 Å². The highest BCUT2D eigenvalue weighted by Gasteiger charge is 2.27. The van der Waals surface area contributed by atoms with Gasteiger partial charge in [-0.05, 0) is 12.8 Å². The van der Waals surface area contributed by atoms with Gasteiger partial charge in [0.15, 0.2) is 0 Å². The summed E-state index contributed by atoms with van der Waals surface area (Å²) in [6, 6.07) is 0. The van der Waals surface area contributed by atoms with Gasteiger partial charge in [0.25, 0.3) is 0 Å². The molecule has 0 heterocycles. The second kappa shape index (κ2) is 26.8. The van der Waals surface area contributed by atoms with Gasteiger partial charge in [0, 0.05) is 12.8 Å². The fraction of sp³-hybridized carbons (Fsp3) is 0.931. The first-order valence-electron chi connectivity index (χ1n) is 15.5. The molecule has 0 saturated heterocycles. The number of carbonyl (C=O) groups is 2. The van der Waals surface area contributed by atoms with Crippen molar-refractivity contribution in [1.29, 1.82) is 0 Å². The summed E-state index contributed by atoms with van der Waals surface area (Å²) in [5.41, 5.74) is 0. The number of hydrogen-bond donors (Lipinski definition) is 3. The highest BCUT2D eigenvalue weighted by atomic mass is 31.2. The van der Waals surface area contributed by atoms with Crippen molar-refractivity contribution < 1.29 is 47.8 Å². The van der Waals surface area contributed by atoms with Crippen molar-refractivity contribution in [3.63, 3.8) is 0 Å². The molecule has 3 atom stereocenters. The maximum absolute atomic E-state index is 12.1. The smallest absolute Gasteiger partial charge is 0.457 e. The molecule has 3 unspecified atom stereocenters. The summed E-state index contributed by atoms with van der Waals surface area (Å²) < 4.78 is 31.8. The van der Waals surface area contributed by atoms with Gasteiger partial charge in [-0.1, -0.05) is 110 Å². The molecule has 10 nitrogen and oxygen atoms in total. The van der Waals surface area contributed by atoms with Crippen molar-refractivity contribution in [2.45, 2.75) is 148 Å². The Morgan fingerprint density at radius 1 is 0.575 bits per heavy atom. The molecule has 0 fully saturated rings. The van der Waals surface area contributed by atoms with Crippen molar-refractivity contribution in [3.05, 3.63) is 0 Å². The van der Waals surface area contributed by atoms with Crippen LogP contribution in [0.1, 0.15) is 136 Å². The summed E-state index contributed by atoms with van der Waals surface area (Å²) in [6.07, 6.45) is 18.0. The molecule has 0 bridgehead atoms. The van der Waals surface area contributed by atoms with Gasteiger partial charge in [-0.15, -0.1) is 0 Å². The molecule has 0 spiro atoms. The third-order valence-electron chi connectivity index (χ3n) is 6.57. The van der Waals surface area contributed by atoms with Crippen LogP contribution in [0.25, 0.3) is 0 Å². The molecule has 0 aliphatic carbocycles. The van der Waals surface area contributed by atoms with Gasteiger partial charge in [0.2, 0.25) is 0 Å². The van der Waals surface area contributed by atoms with Crippen molar-refractivity contribution >= 4 is 19.8 Å². The van der Waals surface area contributed by atoms with E-state index in [1.807, 2.05) is 6.92 Å². The molecule has 0 aromatic rings. The molecule has 238 valence electrons. The Morgan fingerprint density at radius 2 is 0.900 bits per heavy atom. The Morgan fingerprint density at radius 3 is 1.25 bits per heavy atom. The Balaban J connectivity index is 3.89. The number of aliphatic hydroxyl groups is 2. The Hall–Kier alpha value is -1.03. The van der Waals surface area contributed by atoms with E-state index in [9.17, 15) is 29.3 Å². The molecule has 0 saturated carbocycles. The van der Waals surface area contributed by atoms with E-state index in [1.165, 1.54) is 70.6 Å². The number of rotatable bonds is 29. The molecule has 0 radical (unpaired) electrons. The molecule has 0 aliphatic heterocycles. The van der Waals surface area contributed by atoms with Gasteiger partial charge in [0.05, 0.1) is 26.4 Å². The van der Waals surface area contributed by atoms with Crippen molar-refractivity contribution in [3.8, 4) is 0 Å². The normalized spacial score (nSPS) is 14.4. The Bertz CT molecular complexity index is 661. The van der Waals surface area contributed by atoms with E-state index in [0.717, 1.165) is 25.7 Å². The summed E-state index contributed by atoms with van der Waals surface area (Å²) in [7, 11) is -4.59. The van der Waals surface area contributed by atoms with Crippen LogP contribution in [0.2, 0.25) is 0 Å². The largest absolute Gasteiger partial charge is 0.472 e. The van der Waals surface area contributed by atoms with Gasteiger partial charge < -0.3 is 24.6 Å². The first kappa shape index (κ1) is 39.0. The molecule has 0 rings (SSSR count). The number of hydrogen-bond acceptors (Lipinski definition) is 9. The topological polar surface area (TPSA) is 149 Å². The monoisotopic (exact) mass is 596 g/mol. The van der Waals surface area contributed by atoms with Crippen LogP contribution in [0, 0.1) is 0 Å². The molecular weight excluding hydrogens is 539 g/mol. The fourth-order valence-corrected chi connectivity index (χ4v) is 4.88. The first-order valence-corrected chi connectivity index (χ1v) is 17.0. The minimum Gasteiger partial charge on any atom is -0.457 e. The van der Waals surface area contributed by atoms with Gasteiger partial charge >= 0.3 is 19.8 Å². The highest BCUT2D eigenvalue weighted by molar-refractivity contribution is 7.47. The van der Waals surface area contributed by atoms with E-state index in [0.29, 0.717) is 12.8 Å². The van der Waals surface area contributed by atoms with Crippen LogP contribution in [-0.4, -0.2) is 65.7 Å². The number of unbranched alkanes of at least 4 members (excludes halogenated alkanes) is 15. The van der Waals surface area contributed by atoms with Crippen LogP contribution >= 0.6 is 7.82 Å². The van der Waals surface area contributed by atoms with E-state index >= 15 is 0 Å². The van der Waals surface area contributed by atoms with Crippen molar-refractivity contribution in [2.75, 3.05) is 26.4 Å². The number of esters is 2. The summed E-state index contributed by atoms with van der Waals surface area (Å²) in [5.74, 6) is -1.05. The lowest BCUT2D eigenvalue weighted by Gasteiger charge is -2.20. The third-order valence-corrected chi connectivity index (χ3v) is 7.52. The summed E-state index contributed by atoms with van der Waals surface area (Å²) in [5, 5.41) is 18.7. The van der Waals surface area contributed by atoms with Gasteiger partial charge in [-0.25, -0.2) is 4.57 Å². The van der Waals surface area contributed by atoms with Crippen molar-refractivity contribution in [1.82, 2.24) is 0 Å². The van der Waals surface area contributed by atoms with Crippen LogP contribution < -0.4 is 0 Å². The lowest BCUT2D eigenvalue weighted by Crippen LogP contribution is -2.28. The highest BCUT2D eigenvalue weighted by Crippen LogP contribution is 2.43. The van der Waals surface area contributed by atoms with Crippen LogP contribution in [0.5, 0.6) is 0 Å². The molecule has 0 aromatic heterocycles.